The Morgan fingerprint density at radius 2 is 2.50 bits per heavy atom. The molecule has 0 atom stereocenters. The van der Waals surface area contributed by atoms with Gasteiger partial charge in [-0.05, 0) is 19.3 Å². The van der Waals surface area contributed by atoms with Crippen LogP contribution in [0, 0.1) is 0 Å². The summed E-state index contributed by atoms with van der Waals surface area (Å²) in [7, 11) is 0. The Balaban J connectivity index is 2.02. The molecule has 0 aliphatic heterocycles. The molecule has 1 saturated carbocycles. The largest absolute Gasteiger partial charge is 0.481 e. The molecule has 6 heteroatoms. The van der Waals surface area contributed by atoms with E-state index in [1.807, 2.05) is 0 Å². The zero-order chi connectivity index (χ0) is 10.0. The predicted octanol–water partition coefficient (Wildman–Crippen LogP) is 1.35. The molecule has 76 valence electrons. The lowest BCUT2D eigenvalue weighted by molar-refractivity contribution is -0.138. The van der Waals surface area contributed by atoms with Crippen molar-refractivity contribution in [1.29, 1.82) is 0 Å². The molecule has 0 bridgehead atoms. The third-order valence-corrected chi connectivity index (χ3v) is 3.11. The van der Waals surface area contributed by atoms with Gasteiger partial charge in [-0.2, -0.15) is 4.37 Å². The second-order valence-corrected chi connectivity index (χ2v) is 4.36. The van der Waals surface area contributed by atoms with Crippen LogP contribution in [0.3, 0.4) is 0 Å². The molecule has 0 amide bonds. The first-order chi connectivity index (χ1) is 6.70. The van der Waals surface area contributed by atoms with Crippen molar-refractivity contribution >= 4 is 22.6 Å². The van der Waals surface area contributed by atoms with Crippen molar-refractivity contribution in [3.8, 4) is 0 Å². The highest BCUT2D eigenvalue weighted by molar-refractivity contribution is 7.09. The molecule has 5 nitrogen and oxygen atoms in total. The molecule has 1 aliphatic rings. The average Bonchev–Trinajstić information content (AvgIpc) is 2.51. The Hall–Kier alpha value is -1.17. The second-order valence-electron chi connectivity index (χ2n) is 3.58. The number of hydrogen-bond acceptors (Lipinski definition) is 5. The highest BCUT2D eigenvalue weighted by Gasteiger charge is 2.39. The summed E-state index contributed by atoms with van der Waals surface area (Å²) in [5, 5.41) is 12.7. The van der Waals surface area contributed by atoms with Crippen molar-refractivity contribution in [1.82, 2.24) is 9.36 Å². The summed E-state index contributed by atoms with van der Waals surface area (Å²) in [6.45, 7) is 0. The molecular weight excluding hydrogens is 202 g/mol. The third kappa shape index (κ3) is 1.84. The molecule has 1 heterocycles. The van der Waals surface area contributed by atoms with Gasteiger partial charge >= 0.3 is 5.97 Å². The van der Waals surface area contributed by atoms with E-state index in [0.717, 1.165) is 19.3 Å². The van der Waals surface area contributed by atoms with E-state index < -0.39 is 5.97 Å². The van der Waals surface area contributed by atoms with Gasteiger partial charge in [0.05, 0.1) is 12.0 Å². The van der Waals surface area contributed by atoms with E-state index >= 15 is 0 Å². The number of carboxylic acids is 1. The summed E-state index contributed by atoms with van der Waals surface area (Å²) in [5.74, 6) is -0.762. The van der Waals surface area contributed by atoms with E-state index in [-0.39, 0.29) is 12.0 Å². The predicted molar refractivity (Wildman–Crippen MR) is 52.4 cm³/mol. The van der Waals surface area contributed by atoms with Gasteiger partial charge < -0.3 is 10.4 Å². The molecular formula is C8H11N3O2S. The van der Waals surface area contributed by atoms with Crippen molar-refractivity contribution in [2.75, 3.05) is 5.32 Å². The maximum absolute atomic E-state index is 10.7. The van der Waals surface area contributed by atoms with Crippen molar-refractivity contribution in [3.05, 3.63) is 6.33 Å². The van der Waals surface area contributed by atoms with Crippen LogP contribution in [-0.4, -0.2) is 26.0 Å². The fourth-order valence-electron chi connectivity index (χ4n) is 1.69. The first-order valence-electron chi connectivity index (χ1n) is 4.47. The lowest BCUT2D eigenvalue weighted by atomic mass is 9.74. The second kappa shape index (κ2) is 3.53. The number of hydrogen-bond donors (Lipinski definition) is 2. The fraction of sp³-hybridized carbons (Fsp3) is 0.625. The summed E-state index contributed by atoms with van der Waals surface area (Å²) in [6, 6.07) is 0. The molecule has 0 spiro atoms. The Bertz CT molecular complexity index is 321. The Kier molecular flexibility index (Phi) is 2.37. The zero-order valence-corrected chi connectivity index (χ0v) is 8.38. The van der Waals surface area contributed by atoms with E-state index in [4.69, 9.17) is 5.11 Å². The van der Waals surface area contributed by atoms with E-state index in [0.29, 0.717) is 5.13 Å². The minimum atomic E-state index is -0.762. The number of nitrogens with one attached hydrogen (secondary N) is 1. The van der Waals surface area contributed by atoms with Gasteiger partial charge in [-0.3, -0.25) is 4.79 Å². The maximum atomic E-state index is 10.7. The Morgan fingerprint density at radius 1 is 1.71 bits per heavy atom. The van der Waals surface area contributed by atoms with Gasteiger partial charge in [-0.25, -0.2) is 4.98 Å². The van der Waals surface area contributed by atoms with Crippen LogP contribution in [0.15, 0.2) is 6.33 Å². The van der Waals surface area contributed by atoms with Crippen LogP contribution >= 0.6 is 11.5 Å². The molecule has 1 aromatic heterocycles. The van der Waals surface area contributed by atoms with E-state index in [2.05, 4.69) is 14.7 Å². The Labute approximate surface area is 85.3 Å². The summed E-state index contributed by atoms with van der Waals surface area (Å²) in [4.78, 5) is 14.7. The highest BCUT2D eigenvalue weighted by Crippen LogP contribution is 2.38. The van der Waals surface area contributed by atoms with Crippen LogP contribution in [0.1, 0.15) is 25.7 Å². The lowest BCUT2D eigenvalue weighted by Crippen LogP contribution is -2.46. The summed E-state index contributed by atoms with van der Waals surface area (Å²) >= 11 is 1.26. The van der Waals surface area contributed by atoms with Crippen molar-refractivity contribution in [2.24, 2.45) is 0 Å². The number of carbonyl (C=O) groups is 1. The van der Waals surface area contributed by atoms with E-state index in [1.54, 1.807) is 0 Å². The molecule has 1 aliphatic carbocycles. The molecule has 2 N–H and O–H groups in total. The van der Waals surface area contributed by atoms with Gasteiger partial charge in [0.15, 0.2) is 0 Å². The number of carboxylic acid groups (broad SMARTS) is 1. The molecule has 0 saturated heterocycles. The lowest BCUT2D eigenvalue weighted by Gasteiger charge is -2.41. The molecule has 1 fully saturated rings. The quantitative estimate of drug-likeness (QED) is 0.789. The number of anilines is 1. The van der Waals surface area contributed by atoms with Crippen LogP contribution in [0.2, 0.25) is 0 Å². The third-order valence-electron chi connectivity index (χ3n) is 2.53. The van der Waals surface area contributed by atoms with E-state index in [9.17, 15) is 4.79 Å². The molecule has 0 unspecified atom stereocenters. The molecule has 1 aromatic rings. The first-order valence-corrected chi connectivity index (χ1v) is 5.24. The van der Waals surface area contributed by atoms with Crippen molar-refractivity contribution in [2.45, 2.75) is 31.2 Å². The van der Waals surface area contributed by atoms with E-state index in [1.165, 1.54) is 17.9 Å². The Morgan fingerprint density at radius 3 is 2.93 bits per heavy atom. The van der Waals surface area contributed by atoms with Gasteiger partial charge in [0.1, 0.15) is 6.33 Å². The van der Waals surface area contributed by atoms with Crippen LogP contribution in [0.4, 0.5) is 5.13 Å². The van der Waals surface area contributed by atoms with Crippen molar-refractivity contribution < 1.29 is 9.90 Å². The van der Waals surface area contributed by atoms with Crippen LogP contribution < -0.4 is 5.32 Å². The van der Waals surface area contributed by atoms with Crippen LogP contribution in [0.25, 0.3) is 0 Å². The zero-order valence-electron chi connectivity index (χ0n) is 7.56. The minimum absolute atomic E-state index is 0.159. The SMILES string of the molecule is O=C(O)CC1(Nc2ncns2)CCC1. The fourth-order valence-corrected chi connectivity index (χ4v) is 2.24. The summed E-state index contributed by atoms with van der Waals surface area (Å²) in [6.07, 6.45) is 4.52. The minimum Gasteiger partial charge on any atom is -0.481 e. The van der Waals surface area contributed by atoms with Crippen LogP contribution in [-0.2, 0) is 4.79 Å². The average molecular weight is 213 g/mol. The standard InChI is InChI=1S/C8H11N3O2S/c12-6(13)4-8(2-1-3-8)11-7-9-5-10-14-7/h5H,1-4H2,(H,12,13)(H,9,10,11). The molecule has 2 rings (SSSR count). The summed E-state index contributed by atoms with van der Waals surface area (Å²) < 4.78 is 3.86. The first kappa shape index (κ1) is 9.39. The van der Waals surface area contributed by atoms with Gasteiger partial charge in [0.2, 0.25) is 5.13 Å². The van der Waals surface area contributed by atoms with Crippen molar-refractivity contribution in [3.63, 3.8) is 0 Å². The molecule has 0 radical (unpaired) electrons. The number of aliphatic carboxylic acids is 1. The molecule has 0 aromatic carbocycles. The van der Waals surface area contributed by atoms with Gasteiger partial charge in [0, 0.05) is 11.5 Å². The number of aromatic nitrogens is 2. The number of rotatable bonds is 4. The number of nitrogens with zero attached hydrogens (tertiary/aromatic N) is 2. The smallest absolute Gasteiger partial charge is 0.305 e. The topological polar surface area (TPSA) is 75.1 Å². The van der Waals surface area contributed by atoms with Gasteiger partial charge in [-0.15, -0.1) is 0 Å². The normalized spacial score (nSPS) is 18.6. The molecule has 14 heavy (non-hydrogen) atoms. The van der Waals surface area contributed by atoms with Gasteiger partial charge in [-0.1, -0.05) is 0 Å². The van der Waals surface area contributed by atoms with Crippen LogP contribution in [0.5, 0.6) is 0 Å². The maximum Gasteiger partial charge on any atom is 0.305 e. The monoisotopic (exact) mass is 213 g/mol. The highest BCUT2D eigenvalue weighted by atomic mass is 32.1. The van der Waals surface area contributed by atoms with Gasteiger partial charge in [0.25, 0.3) is 0 Å². The summed E-state index contributed by atoms with van der Waals surface area (Å²) in [5.41, 5.74) is -0.272.